The zero-order valence-corrected chi connectivity index (χ0v) is 14.7. The van der Waals surface area contributed by atoms with E-state index in [1.807, 2.05) is 0 Å². The normalized spacial score (nSPS) is 12.2. The summed E-state index contributed by atoms with van der Waals surface area (Å²) in [6.07, 6.45) is -4.69. The van der Waals surface area contributed by atoms with E-state index in [4.69, 9.17) is 4.74 Å². The highest BCUT2D eigenvalue weighted by Gasteiger charge is 2.34. The molecule has 0 radical (unpaired) electrons. The molecule has 0 fully saturated rings. The van der Waals surface area contributed by atoms with Gasteiger partial charge in [-0.25, -0.2) is 17.9 Å². The largest absolute Gasteiger partial charge is 0.422 e. The van der Waals surface area contributed by atoms with Gasteiger partial charge in [-0.05, 0) is 44.2 Å². The van der Waals surface area contributed by atoms with Gasteiger partial charge in [0.1, 0.15) is 5.75 Å². The molecule has 9 heteroatoms. The highest BCUT2D eigenvalue weighted by atomic mass is 32.2. The summed E-state index contributed by atoms with van der Waals surface area (Å²) in [5.41, 5.74) is -1.28. The Kier molecular flexibility index (Phi) is 5.72. The lowest BCUT2D eigenvalue weighted by molar-refractivity contribution is -0.138. The Balaban J connectivity index is 2.32. The Bertz CT molecular complexity index is 908. The van der Waals surface area contributed by atoms with Crippen molar-refractivity contribution in [3.8, 4) is 5.75 Å². The fraction of sp³-hybridized carbons (Fsp3) is 0.235. The number of halogens is 3. The zero-order chi connectivity index (χ0) is 19.5. The van der Waals surface area contributed by atoms with Gasteiger partial charge in [0.15, 0.2) is 0 Å². The molecule has 0 heterocycles. The van der Waals surface area contributed by atoms with Crippen LogP contribution in [0.5, 0.6) is 5.75 Å². The molecule has 0 unspecified atom stereocenters. The molecule has 2 aromatic rings. The molecule has 5 nitrogen and oxygen atoms in total. The standard InChI is InChI=1S/C17H16F3NO4S/c1-11(2)21-26(23,24)13-7-5-6-12(10-13)16(22)25-15-9-4-3-8-14(15)17(18,19)20/h3-11,21H,1-2H3. The number of carbonyl (C=O) groups excluding carboxylic acids is 1. The van der Waals surface area contributed by atoms with Crippen LogP contribution in [0.25, 0.3) is 0 Å². The van der Waals surface area contributed by atoms with E-state index < -0.39 is 33.5 Å². The summed E-state index contributed by atoms with van der Waals surface area (Å²) in [5, 5.41) is 0. The van der Waals surface area contributed by atoms with Gasteiger partial charge in [0.2, 0.25) is 10.0 Å². The third kappa shape index (κ3) is 4.83. The molecular weight excluding hydrogens is 371 g/mol. The van der Waals surface area contributed by atoms with Crippen molar-refractivity contribution in [2.75, 3.05) is 0 Å². The van der Waals surface area contributed by atoms with Crippen LogP contribution in [0.15, 0.2) is 53.4 Å². The molecule has 0 atom stereocenters. The second kappa shape index (κ2) is 7.46. The topological polar surface area (TPSA) is 72.5 Å². The Morgan fingerprint density at radius 2 is 1.73 bits per heavy atom. The van der Waals surface area contributed by atoms with Crippen molar-refractivity contribution in [1.82, 2.24) is 4.72 Å². The quantitative estimate of drug-likeness (QED) is 0.628. The molecule has 2 rings (SSSR count). The summed E-state index contributed by atoms with van der Waals surface area (Å²) < 4.78 is 70.4. The molecule has 0 aromatic heterocycles. The first-order chi connectivity index (χ1) is 12.0. The van der Waals surface area contributed by atoms with E-state index in [0.717, 1.165) is 18.2 Å². The molecule has 0 saturated carbocycles. The maximum atomic E-state index is 13.0. The molecule has 26 heavy (non-hydrogen) atoms. The number of sulfonamides is 1. The van der Waals surface area contributed by atoms with Crippen molar-refractivity contribution in [2.45, 2.75) is 31.0 Å². The molecular formula is C17H16F3NO4S. The predicted octanol–water partition coefficient (Wildman–Crippen LogP) is 3.61. The van der Waals surface area contributed by atoms with Gasteiger partial charge in [-0.15, -0.1) is 0 Å². The third-order valence-electron chi connectivity index (χ3n) is 3.17. The van der Waals surface area contributed by atoms with Crippen molar-refractivity contribution in [3.63, 3.8) is 0 Å². The van der Waals surface area contributed by atoms with E-state index in [1.165, 1.54) is 30.3 Å². The summed E-state index contributed by atoms with van der Waals surface area (Å²) in [6.45, 7) is 3.26. The van der Waals surface area contributed by atoms with Gasteiger partial charge >= 0.3 is 12.1 Å². The first kappa shape index (κ1) is 19.9. The number of ether oxygens (including phenoxy) is 1. The minimum absolute atomic E-state index is 0.186. The van der Waals surface area contributed by atoms with E-state index in [9.17, 15) is 26.4 Å². The summed E-state index contributed by atoms with van der Waals surface area (Å²) >= 11 is 0. The Morgan fingerprint density at radius 1 is 1.08 bits per heavy atom. The van der Waals surface area contributed by atoms with Crippen molar-refractivity contribution < 1.29 is 31.1 Å². The van der Waals surface area contributed by atoms with Gasteiger partial charge in [0, 0.05) is 6.04 Å². The molecule has 0 aliphatic heterocycles. The first-order valence-corrected chi connectivity index (χ1v) is 9.00. The van der Waals surface area contributed by atoms with E-state index in [2.05, 4.69) is 4.72 Å². The van der Waals surface area contributed by atoms with Crippen molar-refractivity contribution >= 4 is 16.0 Å². The Hall–Kier alpha value is -2.39. The fourth-order valence-corrected chi connectivity index (χ4v) is 3.41. The van der Waals surface area contributed by atoms with Gasteiger partial charge in [-0.3, -0.25) is 0 Å². The summed E-state index contributed by atoms with van der Waals surface area (Å²) in [5.74, 6) is -1.75. The second-order valence-electron chi connectivity index (χ2n) is 5.69. The van der Waals surface area contributed by atoms with Crippen LogP contribution in [0, 0.1) is 0 Å². The zero-order valence-electron chi connectivity index (χ0n) is 13.9. The van der Waals surface area contributed by atoms with Crippen LogP contribution in [0.2, 0.25) is 0 Å². The summed E-state index contributed by atoms with van der Waals surface area (Å²) in [4.78, 5) is 12.0. The SMILES string of the molecule is CC(C)NS(=O)(=O)c1cccc(C(=O)Oc2ccccc2C(F)(F)F)c1. The van der Waals surface area contributed by atoms with Crippen LogP contribution in [0.1, 0.15) is 29.8 Å². The average molecular weight is 387 g/mol. The van der Waals surface area contributed by atoms with Crippen molar-refractivity contribution in [2.24, 2.45) is 0 Å². The van der Waals surface area contributed by atoms with Gasteiger partial charge < -0.3 is 4.74 Å². The van der Waals surface area contributed by atoms with E-state index in [-0.39, 0.29) is 16.5 Å². The monoisotopic (exact) mass is 387 g/mol. The average Bonchev–Trinajstić information content (AvgIpc) is 2.53. The van der Waals surface area contributed by atoms with Crippen molar-refractivity contribution in [1.29, 1.82) is 0 Å². The molecule has 0 saturated heterocycles. The first-order valence-electron chi connectivity index (χ1n) is 7.51. The maximum Gasteiger partial charge on any atom is 0.419 e. The van der Waals surface area contributed by atoms with Gasteiger partial charge in [0.25, 0.3) is 0 Å². The molecule has 1 N–H and O–H groups in total. The number of para-hydroxylation sites is 1. The second-order valence-corrected chi connectivity index (χ2v) is 7.40. The predicted molar refractivity (Wildman–Crippen MR) is 88.3 cm³/mol. The molecule has 0 spiro atoms. The smallest absolute Gasteiger partial charge is 0.419 e. The van der Waals surface area contributed by atoms with Gasteiger partial charge in [-0.1, -0.05) is 18.2 Å². The lowest BCUT2D eigenvalue weighted by atomic mass is 10.2. The summed E-state index contributed by atoms with van der Waals surface area (Å²) in [6, 6.07) is 8.78. The minimum Gasteiger partial charge on any atom is -0.422 e. The number of nitrogens with one attached hydrogen (secondary N) is 1. The van der Waals surface area contributed by atoms with Gasteiger partial charge in [0.05, 0.1) is 16.0 Å². The lowest BCUT2D eigenvalue weighted by Gasteiger charge is -2.13. The highest BCUT2D eigenvalue weighted by Crippen LogP contribution is 2.36. The molecule has 0 aliphatic carbocycles. The molecule has 140 valence electrons. The molecule has 2 aromatic carbocycles. The molecule has 0 aliphatic rings. The molecule has 0 amide bonds. The van der Waals surface area contributed by atoms with E-state index in [0.29, 0.717) is 0 Å². The number of carbonyl (C=O) groups is 1. The Labute approximate surface area is 148 Å². The number of rotatable bonds is 5. The van der Waals surface area contributed by atoms with Gasteiger partial charge in [-0.2, -0.15) is 13.2 Å². The number of hydrogen-bond acceptors (Lipinski definition) is 4. The number of hydrogen-bond donors (Lipinski definition) is 1. The van der Waals surface area contributed by atoms with Crippen LogP contribution in [-0.4, -0.2) is 20.4 Å². The van der Waals surface area contributed by atoms with E-state index in [1.54, 1.807) is 13.8 Å². The third-order valence-corrected chi connectivity index (χ3v) is 4.82. The van der Waals surface area contributed by atoms with Crippen LogP contribution in [-0.2, 0) is 16.2 Å². The van der Waals surface area contributed by atoms with E-state index >= 15 is 0 Å². The van der Waals surface area contributed by atoms with Crippen molar-refractivity contribution in [3.05, 3.63) is 59.7 Å². The fourth-order valence-electron chi connectivity index (χ4n) is 2.12. The van der Waals surface area contributed by atoms with Crippen LogP contribution in [0.3, 0.4) is 0 Å². The summed E-state index contributed by atoms with van der Waals surface area (Å²) in [7, 11) is -3.86. The van der Waals surface area contributed by atoms with Crippen LogP contribution < -0.4 is 9.46 Å². The van der Waals surface area contributed by atoms with Crippen LogP contribution >= 0.6 is 0 Å². The minimum atomic E-state index is -4.69. The highest BCUT2D eigenvalue weighted by molar-refractivity contribution is 7.89. The Morgan fingerprint density at radius 3 is 2.35 bits per heavy atom. The number of alkyl halides is 3. The number of esters is 1. The van der Waals surface area contributed by atoms with Crippen LogP contribution in [0.4, 0.5) is 13.2 Å². The molecule has 0 bridgehead atoms. The maximum absolute atomic E-state index is 13.0. The number of benzene rings is 2. The lowest BCUT2D eigenvalue weighted by Crippen LogP contribution is -2.30.